The molecule has 0 aliphatic rings. The van der Waals surface area contributed by atoms with Gasteiger partial charge in [-0.25, -0.2) is 9.79 Å². The van der Waals surface area contributed by atoms with Crippen LogP contribution in [-0.4, -0.2) is 57.9 Å². The van der Waals surface area contributed by atoms with Crippen molar-refractivity contribution in [2.45, 2.75) is 12.8 Å². The van der Waals surface area contributed by atoms with Gasteiger partial charge in [0.1, 0.15) is 18.1 Å². The summed E-state index contributed by atoms with van der Waals surface area (Å²) in [5.74, 6) is 0.331. The third-order valence-corrected chi connectivity index (χ3v) is 4.22. The van der Waals surface area contributed by atoms with Crippen molar-refractivity contribution in [3.8, 4) is 11.5 Å². The van der Waals surface area contributed by atoms with Gasteiger partial charge in [0.25, 0.3) is 0 Å². The number of esters is 1. The fraction of sp³-hybridized carbons (Fsp3) is 0.348. The summed E-state index contributed by atoms with van der Waals surface area (Å²) in [5, 5.41) is 2.78. The predicted molar refractivity (Wildman–Crippen MR) is 124 cm³/mol. The zero-order valence-corrected chi connectivity index (χ0v) is 18.6. The van der Waals surface area contributed by atoms with Crippen LogP contribution < -0.4 is 26.3 Å². The highest BCUT2D eigenvalue weighted by Gasteiger charge is 2.09. The Labute approximate surface area is 192 Å². The number of carbonyl (C=O) groups excluding carboxylic acids is 2. The highest BCUT2D eigenvalue weighted by atomic mass is 16.5. The zero-order valence-electron chi connectivity index (χ0n) is 18.6. The first-order valence-corrected chi connectivity index (χ1v) is 10.5. The molecule has 0 aliphatic carbocycles. The van der Waals surface area contributed by atoms with Crippen LogP contribution in [0.2, 0.25) is 0 Å². The maximum Gasteiger partial charge on any atom is 0.343 e. The summed E-state index contributed by atoms with van der Waals surface area (Å²) in [5.41, 5.74) is 11.6. The summed E-state index contributed by atoms with van der Waals surface area (Å²) in [7, 11) is 1.58. The molecule has 5 N–H and O–H groups in total. The molecule has 33 heavy (non-hydrogen) atoms. The van der Waals surface area contributed by atoms with Crippen LogP contribution >= 0.6 is 0 Å². The molecule has 0 fully saturated rings. The Morgan fingerprint density at radius 3 is 2.27 bits per heavy atom. The highest BCUT2D eigenvalue weighted by Crippen LogP contribution is 2.20. The van der Waals surface area contributed by atoms with Crippen LogP contribution in [0.25, 0.3) is 0 Å². The minimum atomic E-state index is -0.488. The van der Waals surface area contributed by atoms with Crippen LogP contribution in [0.4, 0.5) is 5.69 Å². The Morgan fingerprint density at radius 1 is 0.909 bits per heavy atom. The average Bonchev–Trinajstić information content (AvgIpc) is 2.80. The van der Waals surface area contributed by atoms with Crippen LogP contribution in [0.3, 0.4) is 0 Å². The molecule has 0 atom stereocenters. The van der Waals surface area contributed by atoms with Gasteiger partial charge in [0, 0.05) is 13.7 Å². The number of carbonyl (C=O) groups is 2. The van der Waals surface area contributed by atoms with Crippen LogP contribution in [0.15, 0.2) is 53.5 Å². The number of benzene rings is 2. The fourth-order valence-corrected chi connectivity index (χ4v) is 2.59. The second-order valence-corrected chi connectivity index (χ2v) is 6.90. The first-order valence-electron chi connectivity index (χ1n) is 10.5. The minimum absolute atomic E-state index is 0.0257. The van der Waals surface area contributed by atoms with E-state index in [1.54, 1.807) is 55.6 Å². The van der Waals surface area contributed by atoms with Gasteiger partial charge >= 0.3 is 5.97 Å². The first kappa shape index (κ1) is 25.6. The molecule has 0 aliphatic heterocycles. The molecule has 0 bridgehead atoms. The number of unbranched alkanes of at least 4 members (excludes halogenated alkanes) is 1. The Hall–Kier alpha value is -3.63. The van der Waals surface area contributed by atoms with Crippen molar-refractivity contribution in [1.82, 2.24) is 5.32 Å². The molecule has 10 nitrogen and oxygen atoms in total. The Balaban J connectivity index is 1.64. The van der Waals surface area contributed by atoms with Gasteiger partial charge in [-0.05, 0) is 61.4 Å². The van der Waals surface area contributed by atoms with Crippen LogP contribution in [0.1, 0.15) is 23.2 Å². The first-order chi connectivity index (χ1) is 16.0. The van der Waals surface area contributed by atoms with Crippen molar-refractivity contribution >= 4 is 23.5 Å². The molecule has 2 rings (SSSR count). The number of methoxy groups -OCH3 is 1. The number of rotatable bonds is 14. The maximum absolute atomic E-state index is 12.3. The van der Waals surface area contributed by atoms with E-state index < -0.39 is 5.97 Å². The Bertz CT molecular complexity index is 896. The summed E-state index contributed by atoms with van der Waals surface area (Å²) < 4.78 is 21.0. The number of aliphatic imine (C=N–C) groups is 1. The summed E-state index contributed by atoms with van der Waals surface area (Å²) in [6, 6.07) is 13.2. The zero-order chi connectivity index (χ0) is 23.9. The fourth-order valence-electron chi connectivity index (χ4n) is 2.59. The quantitative estimate of drug-likeness (QED) is 0.127. The summed E-state index contributed by atoms with van der Waals surface area (Å²) >= 11 is 0. The van der Waals surface area contributed by atoms with Crippen molar-refractivity contribution in [1.29, 1.82) is 0 Å². The van der Waals surface area contributed by atoms with E-state index >= 15 is 0 Å². The van der Waals surface area contributed by atoms with Crippen molar-refractivity contribution in [2.75, 3.05) is 40.1 Å². The molecular formula is C23H30N4O6. The molecule has 2 aromatic rings. The molecule has 0 unspecified atom stereocenters. The van der Waals surface area contributed by atoms with Crippen molar-refractivity contribution < 1.29 is 28.5 Å². The lowest BCUT2D eigenvalue weighted by molar-refractivity contribution is -0.126. The topological polar surface area (TPSA) is 147 Å². The molecule has 0 spiro atoms. The second-order valence-electron chi connectivity index (χ2n) is 6.90. The minimum Gasteiger partial charge on any atom is -0.494 e. The standard InChI is InChI=1S/C23H30N4O6/c1-30-14-15-31-16-21(28)26-12-2-3-13-32-19-8-4-17(5-9-19)22(29)33-20-10-6-18(7-11-20)27-23(24)25/h4-11H,2-3,12-16H2,1H3,(H,26,28)(H4,24,25,27). The molecule has 0 heterocycles. The van der Waals surface area contributed by atoms with Gasteiger partial charge in [0.15, 0.2) is 5.96 Å². The van der Waals surface area contributed by atoms with Gasteiger partial charge < -0.3 is 35.7 Å². The van der Waals surface area contributed by atoms with E-state index in [1.165, 1.54) is 0 Å². The van der Waals surface area contributed by atoms with Crippen molar-refractivity contribution in [3.05, 3.63) is 54.1 Å². The highest BCUT2D eigenvalue weighted by molar-refractivity contribution is 5.91. The number of nitrogens with one attached hydrogen (secondary N) is 1. The number of hydrogen-bond donors (Lipinski definition) is 3. The lowest BCUT2D eigenvalue weighted by atomic mass is 10.2. The van der Waals surface area contributed by atoms with Crippen molar-refractivity contribution in [2.24, 2.45) is 16.5 Å². The van der Waals surface area contributed by atoms with Gasteiger partial charge in [-0.15, -0.1) is 0 Å². The van der Waals surface area contributed by atoms with E-state index in [4.69, 9.17) is 30.4 Å². The molecular weight excluding hydrogens is 428 g/mol. The smallest absolute Gasteiger partial charge is 0.343 e. The van der Waals surface area contributed by atoms with Crippen LogP contribution in [-0.2, 0) is 14.3 Å². The monoisotopic (exact) mass is 458 g/mol. The van der Waals surface area contributed by atoms with Crippen LogP contribution in [0, 0.1) is 0 Å². The number of amides is 1. The Morgan fingerprint density at radius 2 is 1.61 bits per heavy atom. The normalized spacial score (nSPS) is 10.3. The van der Waals surface area contributed by atoms with Gasteiger partial charge in [-0.1, -0.05) is 0 Å². The molecule has 0 saturated carbocycles. The number of hydrogen-bond acceptors (Lipinski definition) is 7. The van der Waals surface area contributed by atoms with E-state index in [-0.39, 0.29) is 18.5 Å². The van der Waals surface area contributed by atoms with E-state index in [2.05, 4.69) is 10.3 Å². The summed E-state index contributed by atoms with van der Waals surface area (Å²) in [6.45, 7) is 1.92. The molecule has 0 aromatic heterocycles. The lowest BCUT2D eigenvalue weighted by Crippen LogP contribution is -2.29. The van der Waals surface area contributed by atoms with Gasteiger partial charge in [0.2, 0.25) is 5.91 Å². The second kappa shape index (κ2) is 14.4. The van der Waals surface area contributed by atoms with E-state index in [1.807, 2.05) is 0 Å². The molecule has 178 valence electrons. The maximum atomic E-state index is 12.3. The SMILES string of the molecule is COCCOCC(=O)NCCCCOc1ccc(C(=O)Oc2ccc(N=C(N)N)cc2)cc1. The van der Waals surface area contributed by atoms with Crippen LogP contribution in [0.5, 0.6) is 11.5 Å². The van der Waals surface area contributed by atoms with Gasteiger partial charge in [-0.2, -0.15) is 0 Å². The number of ether oxygens (including phenoxy) is 4. The Kier molecular flexibility index (Phi) is 11.2. The van der Waals surface area contributed by atoms with E-state index in [0.717, 1.165) is 12.8 Å². The van der Waals surface area contributed by atoms with Gasteiger partial charge in [-0.3, -0.25) is 4.79 Å². The third kappa shape index (κ3) is 10.5. The molecule has 1 amide bonds. The van der Waals surface area contributed by atoms with Crippen molar-refractivity contribution in [3.63, 3.8) is 0 Å². The third-order valence-electron chi connectivity index (χ3n) is 4.22. The largest absolute Gasteiger partial charge is 0.494 e. The molecule has 10 heteroatoms. The van der Waals surface area contributed by atoms with E-state index in [0.29, 0.717) is 49.1 Å². The van der Waals surface area contributed by atoms with E-state index in [9.17, 15) is 9.59 Å². The predicted octanol–water partition coefficient (Wildman–Crippen LogP) is 1.75. The molecule has 0 radical (unpaired) electrons. The molecule has 0 saturated heterocycles. The summed E-state index contributed by atoms with van der Waals surface area (Å²) in [4.78, 5) is 27.8. The number of nitrogens with two attached hydrogens (primary N) is 2. The number of guanidine groups is 1. The number of nitrogens with zero attached hydrogens (tertiary/aromatic N) is 1. The average molecular weight is 459 g/mol. The van der Waals surface area contributed by atoms with Gasteiger partial charge in [0.05, 0.1) is 31.1 Å². The molecule has 2 aromatic carbocycles. The lowest BCUT2D eigenvalue weighted by Gasteiger charge is -2.09. The summed E-state index contributed by atoms with van der Waals surface area (Å²) in [6.07, 6.45) is 1.54.